The predicted molar refractivity (Wildman–Crippen MR) is 107 cm³/mol. The summed E-state index contributed by atoms with van der Waals surface area (Å²) >= 11 is 0. The van der Waals surface area contributed by atoms with Crippen molar-refractivity contribution in [1.29, 1.82) is 0 Å². The van der Waals surface area contributed by atoms with E-state index in [1.54, 1.807) is 16.9 Å². The largest absolute Gasteiger partial charge is 0.326 e. The van der Waals surface area contributed by atoms with Crippen LogP contribution in [0.2, 0.25) is 0 Å². The van der Waals surface area contributed by atoms with Gasteiger partial charge in [0.15, 0.2) is 0 Å². The van der Waals surface area contributed by atoms with Crippen molar-refractivity contribution in [3.05, 3.63) is 89.0 Å². The van der Waals surface area contributed by atoms with Gasteiger partial charge in [0.05, 0.1) is 24.8 Å². The van der Waals surface area contributed by atoms with Crippen LogP contribution in [0.4, 0.5) is 5.69 Å². The third-order valence-electron chi connectivity index (χ3n) is 4.43. The standard InChI is InChI=1S/C21H19N5O2/c27-20-14-23-26(19-8-2-1-7-18(19)20)12-9-21(28)24-17-6-3-5-16(13-17)15-25-11-4-10-22-25/h1-8,10-11,13-14H,9,12,15H2,(H,24,28). The summed E-state index contributed by atoms with van der Waals surface area (Å²) in [4.78, 5) is 24.3. The molecule has 7 heteroatoms. The zero-order valence-corrected chi connectivity index (χ0v) is 15.2. The molecule has 0 radical (unpaired) electrons. The van der Waals surface area contributed by atoms with Crippen LogP contribution in [-0.4, -0.2) is 25.5 Å². The number of aryl methyl sites for hydroxylation is 1. The summed E-state index contributed by atoms with van der Waals surface area (Å²) in [6, 6.07) is 16.8. The molecule has 140 valence electrons. The highest BCUT2D eigenvalue weighted by Crippen LogP contribution is 2.13. The van der Waals surface area contributed by atoms with Crippen molar-refractivity contribution in [2.75, 3.05) is 5.32 Å². The minimum Gasteiger partial charge on any atom is -0.326 e. The van der Waals surface area contributed by atoms with Crippen LogP contribution in [0.3, 0.4) is 0 Å². The van der Waals surface area contributed by atoms with Crippen molar-refractivity contribution in [2.45, 2.75) is 19.5 Å². The van der Waals surface area contributed by atoms with Gasteiger partial charge in [0.2, 0.25) is 11.3 Å². The average Bonchev–Trinajstić information content (AvgIpc) is 3.21. The Hall–Kier alpha value is -3.74. The van der Waals surface area contributed by atoms with E-state index >= 15 is 0 Å². The topological polar surface area (TPSA) is 81.8 Å². The molecule has 0 unspecified atom stereocenters. The normalized spacial score (nSPS) is 10.9. The molecule has 0 saturated carbocycles. The molecule has 28 heavy (non-hydrogen) atoms. The molecule has 0 fully saturated rings. The predicted octanol–water partition coefficient (Wildman–Crippen LogP) is 2.67. The van der Waals surface area contributed by atoms with Crippen LogP contribution < -0.4 is 10.7 Å². The minimum absolute atomic E-state index is 0.110. The van der Waals surface area contributed by atoms with E-state index < -0.39 is 0 Å². The highest BCUT2D eigenvalue weighted by atomic mass is 16.1. The van der Waals surface area contributed by atoms with Gasteiger partial charge in [0.1, 0.15) is 0 Å². The third kappa shape index (κ3) is 3.98. The summed E-state index contributed by atoms with van der Waals surface area (Å²) in [6.45, 7) is 1.03. The number of anilines is 1. The van der Waals surface area contributed by atoms with Gasteiger partial charge in [-0.15, -0.1) is 0 Å². The van der Waals surface area contributed by atoms with E-state index in [0.29, 0.717) is 18.5 Å². The van der Waals surface area contributed by atoms with Gasteiger partial charge >= 0.3 is 0 Å². The molecule has 4 rings (SSSR count). The Kier molecular flexibility index (Phi) is 4.97. The lowest BCUT2D eigenvalue weighted by atomic mass is 10.2. The van der Waals surface area contributed by atoms with E-state index in [-0.39, 0.29) is 17.8 Å². The summed E-state index contributed by atoms with van der Waals surface area (Å²) in [7, 11) is 0. The van der Waals surface area contributed by atoms with E-state index in [1.165, 1.54) is 6.20 Å². The smallest absolute Gasteiger partial charge is 0.226 e. The molecular weight excluding hydrogens is 354 g/mol. The Morgan fingerprint density at radius 2 is 1.93 bits per heavy atom. The second-order valence-electron chi connectivity index (χ2n) is 6.45. The molecule has 1 N–H and O–H groups in total. The van der Waals surface area contributed by atoms with Gasteiger partial charge in [0.25, 0.3) is 0 Å². The lowest BCUT2D eigenvalue weighted by Crippen LogP contribution is -2.18. The molecule has 0 saturated heterocycles. The molecule has 0 spiro atoms. The van der Waals surface area contributed by atoms with E-state index in [9.17, 15) is 9.59 Å². The maximum absolute atomic E-state index is 12.4. The van der Waals surface area contributed by atoms with E-state index in [0.717, 1.165) is 16.8 Å². The van der Waals surface area contributed by atoms with Gasteiger partial charge in [-0.3, -0.25) is 19.0 Å². The Labute approximate surface area is 161 Å². The van der Waals surface area contributed by atoms with Crippen molar-refractivity contribution >= 4 is 22.5 Å². The van der Waals surface area contributed by atoms with Crippen molar-refractivity contribution in [1.82, 2.24) is 19.6 Å². The van der Waals surface area contributed by atoms with E-state index in [1.807, 2.05) is 59.4 Å². The molecule has 0 atom stereocenters. The number of amides is 1. The number of nitrogens with zero attached hydrogens (tertiary/aromatic N) is 4. The van der Waals surface area contributed by atoms with E-state index in [2.05, 4.69) is 15.5 Å². The SMILES string of the molecule is O=C(CCn1ncc(=O)c2ccccc21)Nc1cccc(Cn2cccn2)c1. The minimum atomic E-state index is -0.120. The van der Waals surface area contributed by atoms with Crippen molar-refractivity contribution in [3.63, 3.8) is 0 Å². The second-order valence-corrected chi connectivity index (χ2v) is 6.45. The van der Waals surface area contributed by atoms with Crippen molar-refractivity contribution < 1.29 is 4.79 Å². The van der Waals surface area contributed by atoms with Crippen LogP contribution in [0, 0.1) is 0 Å². The fraction of sp³-hybridized carbons (Fsp3) is 0.143. The highest BCUT2D eigenvalue weighted by Gasteiger charge is 2.07. The molecule has 7 nitrogen and oxygen atoms in total. The van der Waals surface area contributed by atoms with Crippen LogP contribution in [0.15, 0.2) is 78.0 Å². The number of fused-ring (bicyclic) bond motifs is 1. The van der Waals surface area contributed by atoms with Gasteiger partial charge in [-0.2, -0.15) is 10.2 Å². The molecule has 0 aliphatic carbocycles. The first-order valence-corrected chi connectivity index (χ1v) is 9.00. The summed E-state index contributed by atoms with van der Waals surface area (Å²) in [6.07, 6.45) is 5.18. The van der Waals surface area contributed by atoms with Crippen molar-refractivity contribution in [2.24, 2.45) is 0 Å². The third-order valence-corrected chi connectivity index (χ3v) is 4.43. The lowest BCUT2D eigenvalue weighted by Gasteiger charge is -2.10. The van der Waals surface area contributed by atoms with Crippen LogP contribution in [0.5, 0.6) is 0 Å². The molecule has 1 amide bonds. The molecule has 0 bridgehead atoms. The Balaban J connectivity index is 1.41. The summed E-state index contributed by atoms with van der Waals surface area (Å²) in [5.74, 6) is -0.110. The molecule has 2 heterocycles. The van der Waals surface area contributed by atoms with Crippen LogP contribution >= 0.6 is 0 Å². The number of carbonyl (C=O) groups is 1. The number of nitrogens with one attached hydrogen (secondary N) is 1. The quantitative estimate of drug-likeness (QED) is 0.563. The zero-order chi connectivity index (χ0) is 19.3. The maximum Gasteiger partial charge on any atom is 0.226 e. The maximum atomic E-state index is 12.4. The van der Waals surface area contributed by atoms with Gasteiger partial charge in [-0.05, 0) is 35.9 Å². The molecule has 0 aliphatic heterocycles. The number of aromatic nitrogens is 4. The van der Waals surface area contributed by atoms with Gasteiger partial charge < -0.3 is 5.32 Å². The average molecular weight is 373 g/mol. The summed E-state index contributed by atoms with van der Waals surface area (Å²) in [5.41, 5.74) is 2.40. The van der Waals surface area contributed by atoms with Gasteiger partial charge in [-0.1, -0.05) is 24.3 Å². The van der Waals surface area contributed by atoms with Crippen LogP contribution in [-0.2, 0) is 17.9 Å². The molecule has 4 aromatic rings. The molecular formula is C21H19N5O2. The van der Waals surface area contributed by atoms with Crippen LogP contribution in [0.25, 0.3) is 10.9 Å². The number of para-hydroxylation sites is 1. The van der Waals surface area contributed by atoms with E-state index in [4.69, 9.17) is 0 Å². The zero-order valence-electron chi connectivity index (χ0n) is 15.2. The first-order chi connectivity index (χ1) is 13.7. The number of hydrogen-bond acceptors (Lipinski definition) is 4. The first kappa shape index (κ1) is 17.7. The van der Waals surface area contributed by atoms with Gasteiger partial charge in [-0.25, -0.2) is 0 Å². The van der Waals surface area contributed by atoms with Crippen LogP contribution in [0.1, 0.15) is 12.0 Å². The Morgan fingerprint density at radius 1 is 1.04 bits per heavy atom. The fourth-order valence-electron chi connectivity index (χ4n) is 3.10. The molecule has 2 aromatic heterocycles. The van der Waals surface area contributed by atoms with Gasteiger partial charge in [0, 0.05) is 29.9 Å². The Bertz CT molecular complexity index is 1160. The highest BCUT2D eigenvalue weighted by molar-refractivity contribution is 5.90. The number of hydrogen-bond donors (Lipinski definition) is 1. The summed E-state index contributed by atoms with van der Waals surface area (Å²) in [5, 5.41) is 11.9. The lowest BCUT2D eigenvalue weighted by molar-refractivity contribution is -0.116. The number of benzene rings is 2. The number of rotatable bonds is 6. The monoisotopic (exact) mass is 373 g/mol. The van der Waals surface area contributed by atoms with Crippen molar-refractivity contribution in [3.8, 4) is 0 Å². The fourth-order valence-corrected chi connectivity index (χ4v) is 3.10. The number of carbonyl (C=O) groups excluding carboxylic acids is 1. The Morgan fingerprint density at radius 3 is 2.79 bits per heavy atom. The molecule has 0 aliphatic rings. The first-order valence-electron chi connectivity index (χ1n) is 9.00. The molecule has 2 aromatic carbocycles. The second kappa shape index (κ2) is 7.87. The summed E-state index contributed by atoms with van der Waals surface area (Å²) < 4.78 is 3.51.